The summed E-state index contributed by atoms with van der Waals surface area (Å²) in [6.07, 6.45) is 0.642. The smallest absolute Gasteiger partial charge is 0.191 e. The summed E-state index contributed by atoms with van der Waals surface area (Å²) in [7, 11) is 1.13. The standard InChI is InChI=1S/C16H26N4O2S/c1-4-17-16(19-14-8-9-23(21,22)12-14)18-11-13-6-5-7-15(10-13)20(2)3/h5-7,10,14H,4,8-9,11-12H2,1-3H3,(H2,17,18,19). The molecular formula is C16H26N4O2S. The van der Waals surface area contributed by atoms with Crippen molar-refractivity contribution in [1.29, 1.82) is 0 Å². The minimum absolute atomic E-state index is 0.0501. The fraction of sp³-hybridized carbons (Fsp3) is 0.562. The molecule has 1 unspecified atom stereocenters. The average Bonchev–Trinajstić information content (AvgIpc) is 2.84. The molecule has 0 spiro atoms. The highest BCUT2D eigenvalue weighted by Crippen LogP contribution is 2.14. The number of hydrogen-bond donors (Lipinski definition) is 2. The van der Waals surface area contributed by atoms with Gasteiger partial charge in [0.15, 0.2) is 15.8 Å². The van der Waals surface area contributed by atoms with Crippen molar-refractivity contribution in [1.82, 2.24) is 10.6 Å². The molecule has 1 aromatic rings. The Morgan fingerprint density at radius 3 is 2.78 bits per heavy atom. The normalized spacial score (nSPS) is 20.3. The summed E-state index contributed by atoms with van der Waals surface area (Å²) in [6, 6.07) is 8.17. The Kier molecular flexibility index (Phi) is 5.87. The van der Waals surface area contributed by atoms with Gasteiger partial charge in [-0.2, -0.15) is 0 Å². The first-order valence-electron chi connectivity index (χ1n) is 7.91. The second kappa shape index (κ2) is 7.68. The highest BCUT2D eigenvalue weighted by molar-refractivity contribution is 7.91. The summed E-state index contributed by atoms with van der Waals surface area (Å²) in [5, 5.41) is 6.41. The molecule has 0 aliphatic carbocycles. The minimum Gasteiger partial charge on any atom is -0.378 e. The number of aliphatic imine (C=N–C) groups is 1. The fourth-order valence-corrected chi connectivity index (χ4v) is 4.20. The quantitative estimate of drug-likeness (QED) is 0.619. The van der Waals surface area contributed by atoms with Gasteiger partial charge in [-0.25, -0.2) is 13.4 Å². The predicted molar refractivity (Wildman–Crippen MR) is 95.8 cm³/mol. The largest absolute Gasteiger partial charge is 0.378 e. The number of guanidine groups is 1. The van der Waals surface area contributed by atoms with E-state index in [1.165, 1.54) is 0 Å². The molecule has 0 radical (unpaired) electrons. The zero-order valence-electron chi connectivity index (χ0n) is 14.0. The molecule has 1 fully saturated rings. The van der Waals surface area contributed by atoms with Gasteiger partial charge in [-0.15, -0.1) is 0 Å². The molecular weight excluding hydrogens is 312 g/mol. The Morgan fingerprint density at radius 1 is 1.39 bits per heavy atom. The van der Waals surface area contributed by atoms with E-state index in [4.69, 9.17) is 0 Å². The molecule has 1 aromatic carbocycles. The molecule has 0 bridgehead atoms. The summed E-state index contributed by atoms with van der Waals surface area (Å²) in [5.74, 6) is 1.12. The van der Waals surface area contributed by atoms with Gasteiger partial charge in [-0.1, -0.05) is 12.1 Å². The molecule has 23 heavy (non-hydrogen) atoms. The second-order valence-electron chi connectivity index (χ2n) is 6.00. The van der Waals surface area contributed by atoms with Crippen LogP contribution < -0.4 is 15.5 Å². The summed E-state index contributed by atoms with van der Waals surface area (Å²) in [6.45, 7) is 3.29. The lowest BCUT2D eigenvalue weighted by atomic mass is 10.2. The predicted octanol–water partition coefficient (Wildman–Crippen LogP) is 0.995. The summed E-state index contributed by atoms with van der Waals surface area (Å²) >= 11 is 0. The zero-order valence-corrected chi connectivity index (χ0v) is 14.9. The van der Waals surface area contributed by atoms with Gasteiger partial charge in [0.25, 0.3) is 0 Å². The van der Waals surface area contributed by atoms with Gasteiger partial charge in [0.2, 0.25) is 0 Å². The Morgan fingerprint density at radius 2 is 2.17 bits per heavy atom. The van der Waals surface area contributed by atoms with Gasteiger partial charge in [0.1, 0.15) is 0 Å². The van der Waals surface area contributed by atoms with E-state index >= 15 is 0 Å². The SMILES string of the molecule is CCNC(=NCc1cccc(N(C)C)c1)NC1CCS(=O)(=O)C1. The van der Waals surface area contributed by atoms with E-state index in [2.05, 4.69) is 32.7 Å². The van der Waals surface area contributed by atoms with E-state index in [0.717, 1.165) is 17.8 Å². The van der Waals surface area contributed by atoms with Gasteiger partial charge in [-0.3, -0.25) is 0 Å². The number of anilines is 1. The van der Waals surface area contributed by atoms with E-state index in [1.807, 2.05) is 33.2 Å². The molecule has 0 amide bonds. The van der Waals surface area contributed by atoms with Crippen LogP contribution in [0.3, 0.4) is 0 Å². The van der Waals surface area contributed by atoms with E-state index in [1.54, 1.807) is 0 Å². The highest BCUT2D eigenvalue weighted by atomic mass is 32.2. The molecule has 0 saturated carbocycles. The van der Waals surface area contributed by atoms with Crippen LogP contribution in [0.4, 0.5) is 5.69 Å². The maximum Gasteiger partial charge on any atom is 0.191 e. The molecule has 2 rings (SSSR count). The monoisotopic (exact) mass is 338 g/mol. The van der Waals surface area contributed by atoms with Crippen molar-refractivity contribution < 1.29 is 8.42 Å². The first kappa shape index (κ1) is 17.6. The van der Waals surface area contributed by atoms with Crippen LogP contribution in [0, 0.1) is 0 Å². The third kappa shape index (κ3) is 5.42. The Balaban J connectivity index is 2.02. The van der Waals surface area contributed by atoms with Crippen molar-refractivity contribution in [3.05, 3.63) is 29.8 Å². The van der Waals surface area contributed by atoms with Gasteiger partial charge in [0, 0.05) is 32.4 Å². The number of nitrogens with zero attached hydrogens (tertiary/aromatic N) is 2. The van der Waals surface area contributed by atoms with Crippen molar-refractivity contribution in [2.45, 2.75) is 25.9 Å². The van der Waals surface area contributed by atoms with Crippen molar-refractivity contribution in [2.75, 3.05) is 37.0 Å². The van der Waals surface area contributed by atoms with Crippen molar-refractivity contribution in [3.8, 4) is 0 Å². The molecule has 1 atom stereocenters. The molecule has 7 heteroatoms. The van der Waals surface area contributed by atoms with Crippen LogP contribution in [-0.4, -0.2) is 52.6 Å². The number of sulfone groups is 1. The topological polar surface area (TPSA) is 73.8 Å². The third-order valence-electron chi connectivity index (χ3n) is 3.76. The summed E-state index contributed by atoms with van der Waals surface area (Å²) < 4.78 is 23.1. The minimum atomic E-state index is -2.89. The van der Waals surface area contributed by atoms with Crippen LogP contribution in [0.2, 0.25) is 0 Å². The number of benzene rings is 1. The van der Waals surface area contributed by atoms with Crippen molar-refractivity contribution >= 4 is 21.5 Å². The lowest BCUT2D eigenvalue weighted by molar-refractivity contribution is 0.599. The van der Waals surface area contributed by atoms with Crippen LogP contribution in [0.5, 0.6) is 0 Å². The first-order valence-corrected chi connectivity index (χ1v) is 9.73. The van der Waals surface area contributed by atoms with Crippen LogP contribution in [0.25, 0.3) is 0 Å². The van der Waals surface area contributed by atoms with Crippen LogP contribution in [0.15, 0.2) is 29.3 Å². The average molecular weight is 338 g/mol. The Hall–Kier alpha value is -1.76. The first-order chi connectivity index (χ1) is 10.9. The number of hydrogen-bond acceptors (Lipinski definition) is 4. The molecule has 1 aliphatic rings. The van der Waals surface area contributed by atoms with Crippen molar-refractivity contribution in [2.24, 2.45) is 4.99 Å². The third-order valence-corrected chi connectivity index (χ3v) is 5.53. The molecule has 0 aromatic heterocycles. The zero-order chi connectivity index (χ0) is 16.9. The van der Waals surface area contributed by atoms with E-state index in [0.29, 0.717) is 18.9 Å². The molecule has 1 saturated heterocycles. The summed E-state index contributed by atoms with van der Waals surface area (Å²) in [5.41, 5.74) is 2.25. The maximum atomic E-state index is 11.6. The van der Waals surface area contributed by atoms with E-state index in [9.17, 15) is 8.42 Å². The summed E-state index contributed by atoms with van der Waals surface area (Å²) in [4.78, 5) is 6.63. The Bertz CT molecular complexity index is 656. The second-order valence-corrected chi connectivity index (χ2v) is 8.23. The Labute approximate surface area is 138 Å². The van der Waals surface area contributed by atoms with Crippen LogP contribution in [-0.2, 0) is 16.4 Å². The number of nitrogens with one attached hydrogen (secondary N) is 2. The number of rotatable bonds is 5. The van der Waals surface area contributed by atoms with Gasteiger partial charge >= 0.3 is 0 Å². The lowest BCUT2D eigenvalue weighted by Crippen LogP contribution is -2.44. The van der Waals surface area contributed by atoms with Crippen LogP contribution >= 0.6 is 0 Å². The maximum absolute atomic E-state index is 11.6. The molecule has 1 heterocycles. The molecule has 6 nitrogen and oxygen atoms in total. The van der Waals surface area contributed by atoms with Gasteiger partial charge < -0.3 is 15.5 Å². The molecule has 128 valence electrons. The van der Waals surface area contributed by atoms with Gasteiger partial charge in [0.05, 0.1) is 18.1 Å². The van der Waals surface area contributed by atoms with E-state index < -0.39 is 9.84 Å². The lowest BCUT2D eigenvalue weighted by Gasteiger charge is -2.16. The molecule has 2 N–H and O–H groups in total. The van der Waals surface area contributed by atoms with Gasteiger partial charge in [-0.05, 0) is 31.0 Å². The molecule has 1 aliphatic heterocycles. The van der Waals surface area contributed by atoms with Crippen LogP contribution in [0.1, 0.15) is 18.9 Å². The van der Waals surface area contributed by atoms with Crippen molar-refractivity contribution in [3.63, 3.8) is 0 Å². The van der Waals surface area contributed by atoms with E-state index in [-0.39, 0.29) is 17.5 Å². The highest BCUT2D eigenvalue weighted by Gasteiger charge is 2.28. The fourth-order valence-electron chi connectivity index (χ4n) is 2.53.